The van der Waals surface area contributed by atoms with Gasteiger partial charge in [0, 0.05) is 18.9 Å². The zero-order chi connectivity index (χ0) is 21.7. The molecule has 1 rings (SSSR count). The number of hydrogen-bond acceptors (Lipinski definition) is 5. The molecule has 0 bridgehead atoms. The quantitative estimate of drug-likeness (QED) is 0.253. The van der Waals surface area contributed by atoms with Crippen LogP contribution in [0.4, 0.5) is 0 Å². The number of rotatable bonds is 14. The number of unbranched alkanes of at least 4 members (excludes halogenated alkanes) is 4. The summed E-state index contributed by atoms with van der Waals surface area (Å²) in [5.41, 5.74) is -1.45. The molecular formula is C24H40O5. The first-order valence-electron chi connectivity index (χ1n) is 11.2. The van der Waals surface area contributed by atoms with E-state index in [2.05, 4.69) is 23.8 Å². The number of ketones is 1. The maximum atomic E-state index is 12.4. The summed E-state index contributed by atoms with van der Waals surface area (Å²) in [6.45, 7) is 3.99. The van der Waals surface area contributed by atoms with Gasteiger partial charge in [0.1, 0.15) is 5.78 Å². The molecule has 0 aromatic heterocycles. The van der Waals surface area contributed by atoms with Gasteiger partial charge in [-0.2, -0.15) is 0 Å². The molecule has 1 aliphatic rings. The van der Waals surface area contributed by atoms with Crippen LogP contribution in [0.1, 0.15) is 78.1 Å². The zero-order valence-electron chi connectivity index (χ0n) is 18.4. The summed E-state index contributed by atoms with van der Waals surface area (Å²) in [4.78, 5) is 24.1. The Hall–Kier alpha value is -1.46. The van der Waals surface area contributed by atoms with Crippen molar-refractivity contribution < 1.29 is 24.5 Å². The van der Waals surface area contributed by atoms with Crippen LogP contribution in [-0.4, -0.2) is 41.3 Å². The molecular weight excluding hydrogens is 368 g/mol. The van der Waals surface area contributed by atoms with Crippen molar-refractivity contribution in [2.24, 2.45) is 17.8 Å². The van der Waals surface area contributed by atoms with Crippen molar-refractivity contribution in [3.05, 3.63) is 24.3 Å². The van der Waals surface area contributed by atoms with Crippen LogP contribution in [0.15, 0.2) is 24.3 Å². The van der Waals surface area contributed by atoms with E-state index in [0.29, 0.717) is 32.1 Å². The average Bonchev–Trinajstić information content (AvgIpc) is 3.04. The van der Waals surface area contributed by atoms with E-state index in [4.69, 9.17) is 0 Å². The highest BCUT2D eigenvalue weighted by Gasteiger charge is 2.39. The third kappa shape index (κ3) is 8.06. The van der Waals surface area contributed by atoms with E-state index in [1.165, 1.54) is 32.8 Å². The minimum atomic E-state index is -1.45. The lowest BCUT2D eigenvalue weighted by Gasteiger charge is -2.22. The number of carbonyl (C=O) groups is 2. The Morgan fingerprint density at radius 1 is 1.17 bits per heavy atom. The lowest BCUT2D eigenvalue weighted by Crippen LogP contribution is -2.38. The molecule has 0 amide bonds. The van der Waals surface area contributed by atoms with Crippen LogP contribution in [0.25, 0.3) is 0 Å². The molecule has 0 aliphatic heterocycles. The van der Waals surface area contributed by atoms with Gasteiger partial charge in [0.2, 0.25) is 0 Å². The number of ether oxygens (including phenoxy) is 1. The second-order valence-corrected chi connectivity index (χ2v) is 8.20. The number of methoxy groups -OCH3 is 1. The summed E-state index contributed by atoms with van der Waals surface area (Å²) in [6, 6.07) is 0. The molecule has 1 saturated carbocycles. The molecule has 1 aliphatic carbocycles. The number of esters is 1. The Labute approximate surface area is 176 Å². The van der Waals surface area contributed by atoms with Crippen LogP contribution >= 0.6 is 0 Å². The van der Waals surface area contributed by atoms with Crippen LogP contribution in [-0.2, 0) is 14.3 Å². The Morgan fingerprint density at radius 2 is 1.93 bits per heavy atom. The largest absolute Gasteiger partial charge is 0.467 e. The highest BCUT2D eigenvalue weighted by atomic mass is 16.5. The van der Waals surface area contributed by atoms with Gasteiger partial charge in [0.25, 0.3) is 0 Å². The van der Waals surface area contributed by atoms with E-state index >= 15 is 0 Å². The Balaban J connectivity index is 2.57. The third-order valence-corrected chi connectivity index (χ3v) is 6.13. The van der Waals surface area contributed by atoms with Crippen LogP contribution in [0.5, 0.6) is 0 Å². The predicted molar refractivity (Wildman–Crippen MR) is 115 cm³/mol. The molecule has 1 fully saturated rings. The topological polar surface area (TPSA) is 83.8 Å². The zero-order valence-corrected chi connectivity index (χ0v) is 18.4. The average molecular weight is 409 g/mol. The van der Waals surface area contributed by atoms with Crippen molar-refractivity contribution in [3.63, 3.8) is 0 Å². The summed E-state index contributed by atoms with van der Waals surface area (Å²) in [7, 11) is 1.28. The highest BCUT2D eigenvalue weighted by molar-refractivity contribution is 5.84. The molecule has 5 nitrogen and oxygen atoms in total. The van der Waals surface area contributed by atoms with Gasteiger partial charge >= 0.3 is 5.97 Å². The molecule has 0 heterocycles. The Bertz CT molecular complexity index is 553. The Morgan fingerprint density at radius 3 is 2.55 bits per heavy atom. The fourth-order valence-corrected chi connectivity index (χ4v) is 4.09. The van der Waals surface area contributed by atoms with Crippen LogP contribution in [0.2, 0.25) is 0 Å². The molecule has 0 saturated heterocycles. The van der Waals surface area contributed by atoms with Crippen molar-refractivity contribution in [2.45, 2.75) is 83.7 Å². The maximum Gasteiger partial charge on any atom is 0.337 e. The molecule has 166 valence electrons. The molecule has 0 spiro atoms. The number of Topliss-reactive ketones (excluding diaryl/α,β-unsaturated/α-hetero) is 1. The number of hydrogen-bond donors (Lipinski definition) is 2. The fraction of sp³-hybridized carbons (Fsp3) is 0.750. The van der Waals surface area contributed by atoms with Crippen molar-refractivity contribution in [1.82, 2.24) is 0 Å². The second-order valence-electron chi connectivity index (χ2n) is 8.20. The third-order valence-electron chi connectivity index (χ3n) is 6.13. The summed E-state index contributed by atoms with van der Waals surface area (Å²) in [5.74, 6) is -0.382. The molecule has 0 aromatic carbocycles. The first-order valence-corrected chi connectivity index (χ1v) is 11.2. The first kappa shape index (κ1) is 25.6. The number of aliphatic hydroxyl groups is 2. The van der Waals surface area contributed by atoms with E-state index in [0.717, 1.165) is 6.42 Å². The van der Waals surface area contributed by atoms with Crippen molar-refractivity contribution in [2.75, 3.05) is 13.7 Å². The molecule has 0 radical (unpaired) electrons. The maximum absolute atomic E-state index is 12.4. The SMILES string of the molecule is CCCCCC/C=C/[C@H]1[C@H](CO)CC(=O)[C@@H]1C/C=C\CCC(O)(CC)C(=O)OC. The lowest BCUT2D eigenvalue weighted by molar-refractivity contribution is -0.163. The van der Waals surface area contributed by atoms with Gasteiger partial charge in [-0.1, -0.05) is 57.4 Å². The summed E-state index contributed by atoms with van der Waals surface area (Å²) >= 11 is 0. The molecule has 29 heavy (non-hydrogen) atoms. The molecule has 4 atom stereocenters. The monoisotopic (exact) mass is 408 g/mol. The molecule has 5 heteroatoms. The molecule has 0 aromatic rings. The van der Waals surface area contributed by atoms with Gasteiger partial charge in [-0.15, -0.1) is 0 Å². The van der Waals surface area contributed by atoms with Gasteiger partial charge in [-0.25, -0.2) is 4.79 Å². The van der Waals surface area contributed by atoms with Gasteiger partial charge < -0.3 is 14.9 Å². The lowest BCUT2D eigenvalue weighted by atomic mass is 9.86. The van der Waals surface area contributed by atoms with Crippen LogP contribution < -0.4 is 0 Å². The van der Waals surface area contributed by atoms with E-state index in [1.807, 2.05) is 12.2 Å². The van der Waals surface area contributed by atoms with E-state index in [-0.39, 0.29) is 30.1 Å². The first-order chi connectivity index (χ1) is 13.9. The van der Waals surface area contributed by atoms with Crippen LogP contribution in [0.3, 0.4) is 0 Å². The van der Waals surface area contributed by atoms with E-state index < -0.39 is 11.6 Å². The van der Waals surface area contributed by atoms with Crippen LogP contribution in [0, 0.1) is 17.8 Å². The number of carbonyl (C=O) groups excluding carboxylic acids is 2. The Kier molecular flexibility index (Phi) is 12.1. The van der Waals surface area contributed by atoms with Crippen molar-refractivity contribution >= 4 is 11.8 Å². The smallest absolute Gasteiger partial charge is 0.337 e. The summed E-state index contributed by atoms with van der Waals surface area (Å²) < 4.78 is 4.68. The van der Waals surface area contributed by atoms with Gasteiger partial charge in [0.05, 0.1) is 7.11 Å². The van der Waals surface area contributed by atoms with Crippen molar-refractivity contribution in [1.29, 1.82) is 0 Å². The van der Waals surface area contributed by atoms with Gasteiger partial charge in [-0.3, -0.25) is 4.79 Å². The summed E-state index contributed by atoms with van der Waals surface area (Å²) in [6.07, 6.45) is 16.3. The number of allylic oxidation sites excluding steroid dienone is 4. The summed E-state index contributed by atoms with van der Waals surface area (Å²) in [5, 5.41) is 20.0. The fourth-order valence-electron chi connectivity index (χ4n) is 4.09. The minimum absolute atomic E-state index is 0.0114. The normalized spacial score (nSPS) is 24.4. The number of aliphatic hydroxyl groups excluding tert-OH is 1. The molecule has 1 unspecified atom stereocenters. The minimum Gasteiger partial charge on any atom is -0.467 e. The van der Waals surface area contributed by atoms with E-state index in [9.17, 15) is 19.8 Å². The van der Waals surface area contributed by atoms with E-state index in [1.54, 1.807) is 6.92 Å². The second kappa shape index (κ2) is 13.7. The predicted octanol–water partition coefficient (Wildman–Crippen LogP) is 4.37. The van der Waals surface area contributed by atoms with Crippen molar-refractivity contribution in [3.8, 4) is 0 Å². The molecule has 2 N–H and O–H groups in total. The standard InChI is InChI=1S/C24H40O5/c1-4-6-7-8-9-11-14-20-19(18-25)17-22(26)21(20)15-12-10-13-16-24(28,5-2)23(27)29-3/h10-12,14,19-21,25,28H,4-9,13,15-18H2,1-3H3/b12-10-,14-11+/t19-,20-,21+,24?/m0/s1. The van der Waals surface area contributed by atoms with Gasteiger partial charge in [0.15, 0.2) is 5.60 Å². The van der Waals surface area contributed by atoms with Gasteiger partial charge in [-0.05, 0) is 50.4 Å². The highest BCUT2D eigenvalue weighted by Crippen LogP contribution is 2.37.